The van der Waals surface area contributed by atoms with Crippen LogP contribution in [0, 0.1) is 6.92 Å². The van der Waals surface area contributed by atoms with Crippen LogP contribution in [0.25, 0.3) is 16.9 Å². The van der Waals surface area contributed by atoms with Crippen molar-refractivity contribution in [3.63, 3.8) is 0 Å². The van der Waals surface area contributed by atoms with Gasteiger partial charge in [0.1, 0.15) is 11.4 Å². The van der Waals surface area contributed by atoms with Crippen LogP contribution < -0.4 is 10.5 Å². The molecule has 1 heterocycles. The second kappa shape index (κ2) is 5.32. The Kier molecular flexibility index (Phi) is 3.36. The van der Waals surface area contributed by atoms with Crippen LogP contribution in [-0.2, 0) is 0 Å². The fourth-order valence-electron chi connectivity index (χ4n) is 2.33. The lowest BCUT2D eigenvalue weighted by Crippen LogP contribution is -1.97. The van der Waals surface area contributed by atoms with Gasteiger partial charge in [-0.05, 0) is 30.7 Å². The van der Waals surface area contributed by atoms with Crippen LogP contribution in [0.1, 0.15) is 5.56 Å². The molecule has 0 saturated heterocycles. The summed E-state index contributed by atoms with van der Waals surface area (Å²) in [4.78, 5) is 0. The molecule has 0 atom stereocenters. The summed E-state index contributed by atoms with van der Waals surface area (Å²) in [6.07, 6.45) is 1.84. The van der Waals surface area contributed by atoms with Gasteiger partial charge in [-0.3, -0.25) is 0 Å². The van der Waals surface area contributed by atoms with Gasteiger partial charge >= 0.3 is 0 Å². The number of aryl methyl sites for hydroxylation is 1. The van der Waals surface area contributed by atoms with Gasteiger partial charge in [0.25, 0.3) is 0 Å². The first-order valence-corrected chi connectivity index (χ1v) is 6.74. The van der Waals surface area contributed by atoms with Crippen molar-refractivity contribution < 1.29 is 4.74 Å². The number of hydrogen-bond donors (Lipinski definition) is 1. The first-order chi connectivity index (χ1) is 10.2. The summed E-state index contributed by atoms with van der Waals surface area (Å²) in [5.41, 5.74) is 10.7. The molecular formula is C17H17N3O. The molecule has 0 radical (unpaired) electrons. The molecule has 0 aliphatic rings. The maximum absolute atomic E-state index is 6.13. The van der Waals surface area contributed by atoms with E-state index in [1.165, 1.54) is 0 Å². The predicted molar refractivity (Wildman–Crippen MR) is 84.7 cm³/mol. The minimum Gasteiger partial charge on any atom is -0.497 e. The van der Waals surface area contributed by atoms with Gasteiger partial charge in [0.15, 0.2) is 0 Å². The molecule has 3 aromatic rings. The number of methoxy groups -OCH3 is 1. The number of para-hydroxylation sites is 1. The summed E-state index contributed by atoms with van der Waals surface area (Å²) in [5, 5.41) is 4.62. The third kappa shape index (κ3) is 2.48. The van der Waals surface area contributed by atoms with Crippen LogP contribution in [0.5, 0.6) is 5.75 Å². The highest BCUT2D eigenvalue weighted by Crippen LogP contribution is 2.28. The number of hydrogen-bond acceptors (Lipinski definition) is 3. The Balaban J connectivity index is 2.08. The number of nitrogens with two attached hydrogens (primary N) is 1. The number of ether oxygens (including phenoxy) is 1. The SMILES string of the molecule is COc1cccc(-c2nn(-c3ccccc3C)cc2N)c1. The predicted octanol–water partition coefficient (Wildman–Crippen LogP) is 3.44. The maximum atomic E-state index is 6.13. The molecule has 3 rings (SSSR count). The molecule has 1 aromatic heterocycles. The van der Waals surface area contributed by atoms with Crippen LogP contribution in [-0.4, -0.2) is 16.9 Å². The van der Waals surface area contributed by atoms with Gasteiger partial charge in [0, 0.05) is 5.56 Å². The van der Waals surface area contributed by atoms with Crippen molar-refractivity contribution in [3.8, 4) is 22.7 Å². The summed E-state index contributed by atoms with van der Waals surface area (Å²) in [6, 6.07) is 15.8. The van der Waals surface area contributed by atoms with E-state index in [0.29, 0.717) is 5.69 Å². The Morgan fingerprint density at radius 3 is 2.67 bits per heavy atom. The highest BCUT2D eigenvalue weighted by Gasteiger charge is 2.11. The number of nitrogens with zero attached hydrogens (tertiary/aromatic N) is 2. The zero-order valence-corrected chi connectivity index (χ0v) is 12.1. The fourth-order valence-corrected chi connectivity index (χ4v) is 2.33. The second-order valence-corrected chi connectivity index (χ2v) is 4.90. The Hall–Kier alpha value is -2.75. The van der Waals surface area contributed by atoms with Crippen LogP contribution in [0.2, 0.25) is 0 Å². The Morgan fingerprint density at radius 2 is 1.90 bits per heavy atom. The summed E-state index contributed by atoms with van der Waals surface area (Å²) < 4.78 is 7.07. The molecule has 21 heavy (non-hydrogen) atoms. The van der Waals surface area contributed by atoms with Crippen molar-refractivity contribution in [3.05, 3.63) is 60.3 Å². The van der Waals surface area contributed by atoms with Crippen LogP contribution >= 0.6 is 0 Å². The molecule has 0 bridgehead atoms. The zero-order chi connectivity index (χ0) is 14.8. The zero-order valence-electron chi connectivity index (χ0n) is 12.1. The molecule has 106 valence electrons. The number of benzene rings is 2. The summed E-state index contributed by atoms with van der Waals surface area (Å²) in [7, 11) is 1.65. The molecule has 2 aromatic carbocycles. The molecule has 0 saturated carbocycles. The van der Waals surface area contributed by atoms with Crippen molar-refractivity contribution >= 4 is 5.69 Å². The summed E-state index contributed by atoms with van der Waals surface area (Å²) >= 11 is 0. The number of nitrogen functional groups attached to an aromatic ring is 1. The minimum absolute atomic E-state index is 0.645. The van der Waals surface area contributed by atoms with E-state index < -0.39 is 0 Å². The van der Waals surface area contributed by atoms with Crippen molar-refractivity contribution in [1.29, 1.82) is 0 Å². The van der Waals surface area contributed by atoms with E-state index in [0.717, 1.165) is 28.3 Å². The van der Waals surface area contributed by atoms with Gasteiger partial charge in [-0.25, -0.2) is 4.68 Å². The highest BCUT2D eigenvalue weighted by atomic mass is 16.5. The van der Waals surface area contributed by atoms with Crippen LogP contribution in [0.15, 0.2) is 54.7 Å². The van der Waals surface area contributed by atoms with E-state index in [4.69, 9.17) is 10.5 Å². The second-order valence-electron chi connectivity index (χ2n) is 4.90. The average Bonchev–Trinajstić information content (AvgIpc) is 2.89. The smallest absolute Gasteiger partial charge is 0.119 e. The van der Waals surface area contributed by atoms with Crippen molar-refractivity contribution in [2.45, 2.75) is 6.92 Å². The van der Waals surface area contributed by atoms with Crippen molar-refractivity contribution in [2.75, 3.05) is 12.8 Å². The minimum atomic E-state index is 0.645. The van der Waals surface area contributed by atoms with E-state index in [2.05, 4.69) is 18.1 Å². The van der Waals surface area contributed by atoms with E-state index in [9.17, 15) is 0 Å². The third-order valence-corrected chi connectivity index (χ3v) is 3.45. The Bertz CT molecular complexity index is 777. The molecular weight excluding hydrogens is 262 g/mol. The van der Waals surface area contributed by atoms with Crippen LogP contribution in [0.4, 0.5) is 5.69 Å². The maximum Gasteiger partial charge on any atom is 0.119 e. The summed E-state index contributed by atoms with van der Waals surface area (Å²) in [6.45, 7) is 2.05. The largest absolute Gasteiger partial charge is 0.497 e. The van der Waals surface area contributed by atoms with Crippen LogP contribution in [0.3, 0.4) is 0 Å². The van der Waals surface area contributed by atoms with E-state index in [1.807, 2.05) is 53.3 Å². The molecule has 4 heteroatoms. The molecule has 0 amide bonds. The van der Waals surface area contributed by atoms with Crippen molar-refractivity contribution in [2.24, 2.45) is 0 Å². The molecule has 2 N–H and O–H groups in total. The Labute approximate surface area is 123 Å². The first-order valence-electron chi connectivity index (χ1n) is 6.74. The standard InChI is InChI=1S/C17H17N3O/c1-12-6-3-4-9-16(12)20-11-15(18)17(19-20)13-7-5-8-14(10-13)21-2/h3-11H,18H2,1-2H3. The summed E-state index contributed by atoms with van der Waals surface area (Å²) in [5.74, 6) is 0.789. The fraction of sp³-hybridized carbons (Fsp3) is 0.118. The molecule has 0 aliphatic heterocycles. The topological polar surface area (TPSA) is 53.1 Å². The molecule has 4 nitrogen and oxygen atoms in total. The lowest BCUT2D eigenvalue weighted by atomic mass is 10.1. The molecule has 0 aliphatic carbocycles. The average molecular weight is 279 g/mol. The highest BCUT2D eigenvalue weighted by molar-refractivity contribution is 5.73. The van der Waals surface area contributed by atoms with E-state index in [1.54, 1.807) is 7.11 Å². The van der Waals surface area contributed by atoms with Gasteiger partial charge < -0.3 is 10.5 Å². The quantitative estimate of drug-likeness (QED) is 0.799. The van der Waals surface area contributed by atoms with Crippen molar-refractivity contribution in [1.82, 2.24) is 9.78 Å². The number of aromatic nitrogens is 2. The van der Waals surface area contributed by atoms with E-state index >= 15 is 0 Å². The van der Waals surface area contributed by atoms with Gasteiger partial charge in [-0.1, -0.05) is 30.3 Å². The number of rotatable bonds is 3. The lowest BCUT2D eigenvalue weighted by molar-refractivity contribution is 0.415. The lowest BCUT2D eigenvalue weighted by Gasteiger charge is -2.05. The van der Waals surface area contributed by atoms with Gasteiger partial charge in [0.2, 0.25) is 0 Å². The van der Waals surface area contributed by atoms with E-state index in [-0.39, 0.29) is 0 Å². The van der Waals surface area contributed by atoms with Gasteiger partial charge in [0.05, 0.1) is 24.7 Å². The molecule has 0 unspecified atom stereocenters. The first kappa shape index (κ1) is 13.2. The molecule has 0 spiro atoms. The van der Waals surface area contributed by atoms with Gasteiger partial charge in [-0.2, -0.15) is 5.10 Å². The Morgan fingerprint density at radius 1 is 1.10 bits per heavy atom. The monoisotopic (exact) mass is 279 g/mol. The molecule has 0 fully saturated rings. The number of anilines is 1. The van der Waals surface area contributed by atoms with Gasteiger partial charge in [-0.15, -0.1) is 0 Å². The normalized spacial score (nSPS) is 10.6. The third-order valence-electron chi connectivity index (χ3n) is 3.45.